The average Bonchev–Trinajstić information content (AvgIpc) is 3.06. The third-order valence-corrected chi connectivity index (χ3v) is 5.30. The molecule has 2 unspecified atom stereocenters. The first-order valence-corrected chi connectivity index (χ1v) is 6.59. The predicted octanol–water partition coefficient (Wildman–Crippen LogP) is 1.75. The molecule has 3 heteroatoms. The molecule has 0 aromatic heterocycles. The summed E-state index contributed by atoms with van der Waals surface area (Å²) in [6.45, 7) is 5.69. The molecule has 3 nitrogen and oxygen atoms in total. The summed E-state index contributed by atoms with van der Waals surface area (Å²) in [5.74, 6) is -0.155. The molecule has 2 N–H and O–H groups in total. The van der Waals surface area contributed by atoms with Crippen LogP contribution in [0, 0.1) is 10.8 Å². The van der Waals surface area contributed by atoms with Gasteiger partial charge in [-0.25, -0.2) is 0 Å². The molecule has 1 saturated carbocycles. The number of carbonyl (C=O) groups excluding carboxylic acids is 1. The van der Waals surface area contributed by atoms with E-state index in [9.17, 15) is 15.0 Å². The molecule has 0 heterocycles. The molecule has 2 atom stereocenters. The van der Waals surface area contributed by atoms with Gasteiger partial charge < -0.3 is 10.2 Å². The largest absolute Gasteiger partial charge is 0.395 e. The smallest absolute Gasteiger partial charge is 0.194 e. The maximum atomic E-state index is 12.5. The summed E-state index contributed by atoms with van der Waals surface area (Å²) < 4.78 is 0. The van der Waals surface area contributed by atoms with Gasteiger partial charge in [0.1, 0.15) is 5.60 Å². The molecule has 1 spiro atoms. The third kappa shape index (κ3) is 1.19. The molecule has 0 saturated heterocycles. The summed E-state index contributed by atoms with van der Waals surface area (Å²) in [5, 5.41) is 20.1. The second kappa shape index (κ2) is 3.14. The van der Waals surface area contributed by atoms with Crippen molar-refractivity contribution in [3.05, 3.63) is 22.8 Å². The van der Waals surface area contributed by atoms with Crippen molar-refractivity contribution in [1.29, 1.82) is 0 Å². The van der Waals surface area contributed by atoms with Gasteiger partial charge in [-0.05, 0) is 38.7 Å². The van der Waals surface area contributed by atoms with Gasteiger partial charge in [0.05, 0.1) is 6.61 Å². The normalized spacial score (nSPS) is 41.2. The lowest BCUT2D eigenvalue weighted by atomic mass is 9.68. The van der Waals surface area contributed by atoms with Gasteiger partial charge in [0.15, 0.2) is 5.78 Å². The number of aliphatic hydroxyl groups excluding tert-OH is 1. The van der Waals surface area contributed by atoms with Crippen molar-refractivity contribution >= 4 is 5.78 Å². The quantitative estimate of drug-likeness (QED) is 0.743. The van der Waals surface area contributed by atoms with Crippen molar-refractivity contribution in [2.24, 2.45) is 10.8 Å². The lowest BCUT2D eigenvalue weighted by Crippen LogP contribution is -2.49. The summed E-state index contributed by atoms with van der Waals surface area (Å²) >= 11 is 0. The Morgan fingerprint density at radius 2 is 1.94 bits per heavy atom. The minimum atomic E-state index is -1.27. The minimum Gasteiger partial charge on any atom is -0.395 e. The molecule has 1 fully saturated rings. The summed E-state index contributed by atoms with van der Waals surface area (Å²) in [7, 11) is 0. The van der Waals surface area contributed by atoms with E-state index in [-0.39, 0.29) is 23.2 Å². The highest BCUT2D eigenvalue weighted by molar-refractivity contribution is 6.08. The molecule has 18 heavy (non-hydrogen) atoms. The lowest BCUT2D eigenvalue weighted by Gasteiger charge is -2.38. The first-order valence-electron chi connectivity index (χ1n) is 6.59. The highest BCUT2D eigenvalue weighted by Gasteiger charge is 2.65. The molecule has 98 valence electrons. The van der Waals surface area contributed by atoms with Crippen LogP contribution >= 0.6 is 0 Å². The van der Waals surface area contributed by atoms with Crippen molar-refractivity contribution in [2.45, 2.75) is 45.6 Å². The Balaban J connectivity index is 2.20. The Morgan fingerprint density at radius 3 is 2.44 bits per heavy atom. The number of carbonyl (C=O) groups is 1. The van der Waals surface area contributed by atoms with E-state index in [1.54, 1.807) is 6.92 Å². The topological polar surface area (TPSA) is 57.5 Å². The molecule has 0 aromatic carbocycles. The van der Waals surface area contributed by atoms with Gasteiger partial charge >= 0.3 is 0 Å². The molecule has 3 aliphatic rings. The molecular weight excluding hydrogens is 228 g/mol. The fourth-order valence-corrected chi connectivity index (χ4v) is 3.74. The summed E-state index contributed by atoms with van der Waals surface area (Å²) in [6, 6.07) is 0. The van der Waals surface area contributed by atoms with Crippen LogP contribution in [0.1, 0.15) is 40.0 Å². The standard InChI is InChI=1S/C15H20O3/c1-9-10-6-13(2,8-16)7-11(10)12(17)14(3,18)15(9)4-5-15/h7,16,18H,4-6,8H2,1-3H3. The Kier molecular flexibility index (Phi) is 2.12. The molecule has 0 radical (unpaired) electrons. The second-order valence-electron chi connectivity index (χ2n) is 6.63. The van der Waals surface area contributed by atoms with E-state index in [0.29, 0.717) is 12.0 Å². The molecule has 0 bridgehead atoms. The Labute approximate surface area is 107 Å². The number of fused-ring (bicyclic) bond motifs is 1. The van der Waals surface area contributed by atoms with Crippen molar-refractivity contribution in [1.82, 2.24) is 0 Å². The number of Topliss-reactive ketones (excluding diaryl/α,β-unsaturated/α-hetero) is 1. The van der Waals surface area contributed by atoms with Crippen molar-refractivity contribution in [3.63, 3.8) is 0 Å². The molecule has 0 aromatic rings. The zero-order valence-electron chi connectivity index (χ0n) is 11.2. The number of rotatable bonds is 1. The number of hydrogen-bond donors (Lipinski definition) is 2. The van der Waals surface area contributed by atoms with Crippen molar-refractivity contribution in [3.8, 4) is 0 Å². The van der Waals surface area contributed by atoms with Gasteiger partial charge in [-0.1, -0.05) is 18.6 Å². The predicted molar refractivity (Wildman–Crippen MR) is 67.9 cm³/mol. The van der Waals surface area contributed by atoms with Gasteiger partial charge in [-0.15, -0.1) is 0 Å². The van der Waals surface area contributed by atoms with Crippen LogP contribution in [0.5, 0.6) is 0 Å². The van der Waals surface area contributed by atoms with Crippen LogP contribution in [0.3, 0.4) is 0 Å². The van der Waals surface area contributed by atoms with E-state index in [1.165, 1.54) is 0 Å². The summed E-state index contributed by atoms with van der Waals surface area (Å²) in [4.78, 5) is 12.5. The van der Waals surface area contributed by atoms with Crippen LogP contribution in [-0.2, 0) is 4.79 Å². The van der Waals surface area contributed by atoms with Crippen LogP contribution < -0.4 is 0 Å². The van der Waals surface area contributed by atoms with E-state index >= 15 is 0 Å². The number of aliphatic hydroxyl groups is 2. The van der Waals surface area contributed by atoms with E-state index in [0.717, 1.165) is 24.0 Å². The molecular formula is C15H20O3. The van der Waals surface area contributed by atoms with Gasteiger partial charge in [0.25, 0.3) is 0 Å². The van der Waals surface area contributed by atoms with Crippen LogP contribution in [0.15, 0.2) is 22.8 Å². The third-order valence-electron chi connectivity index (χ3n) is 5.30. The first kappa shape index (κ1) is 12.1. The molecule has 3 aliphatic carbocycles. The van der Waals surface area contributed by atoms with E-state index in [4.69, 9.17) is 0 Å². The summed E-state index contributed by atoms with van der Waals surface area (Å²) in [6.07, 6.45) is 4.36. The molecule has 3 rings (SSSR count). The zero-order chi connectivity index (χ0) is 13.3. The summed E-state index contributed by atoms with van der Waals surface area (Å²) in [5.41, 5.74) is 0.936. The Morgan fingerprint density at radius 1 is 1.33 bits per heavy atom. The number of ketones is 1. The van der Waals surface area contributed by atoms with Crippen LogP contribution in [0.25, 0.3) is 0 Å². The molecule has 0 amide bonds. The maximum absolute atomic E-state index is 12.5. The van der Waals surface area contributed by atoms with Gasteiger partial charge in [0, 0.05) is 16.4 Å². The number of hydrogen-bond acceptors (Lipinski definition) is 3. The van der Waals surface area contributed by atoms with Crippen molar-refractivity contribution in [2.75, 3.05) is 6.61 Å². The van der Waals surface area contributed by atoms with E-state index in [1.807, 2.05) is 19.9 Å². The monoisotopic (exact) mass is 248 g/mol. The van der Waals surface area contributed by atoms with Crippen LogP contribution in [0.2, 0.25) is 0 Å². The highest BCUT2D eigenvalue weighted by Crippen LogP contribution is 2.65. The minimum absolute atomic E-state index is 0.0374. The van der Waals surface area contributed by atoms with Gasteiger partial charge in [-0.2, -0.15) is 0 Å². The van der Waals surface area contributed by atoms with Crippen molar-refractivity contribution < 1.29 is 15.0 Å². The van der Waals surface area contributed by atoms with Crippen LogP contribution in [-0.4, -0.2) is 28.2 Å². The van der Waals surface area contributed by atoms with E-state index in [2.05, 4.69) is 0 Å². The fraction of sp³-hybridized carbons (Fsp3) is 0.667. The molecule has 0 aliphatic heterocycles. The lowest BCUT2D eigenvalue weighted by molar-refractivity contribution is -0.137. The van der Waals surface area contributed by atoms with Gasteiger partial charge in [0.2, 0.25) is 0 Å². The highest BCUT2D eigenvalue weighted by atomic mass is 16.3. The van der Waals surface area contributed by atoms with E-state index < -0.39 is 5.60 Å². The Hall–Kier alpha value is -0.930. The van der Waals surface area contributed by atoms with Gasteiger partial charge in [-0.3, -0.25) is 4.79 Å². The average molecular weight is 248 g/mol. The zero-order valence-corrected chi connectivity index (χ0v) is 11.2. The maximum Gasteiger partial charge on any atom is 0.194 e. The first-order chi connectivity index (χ1) is 8.27. The second-order valence-corrected chi connectivity index (χ2v) is 6.63. The number of allylic oxidation sites excluding steroid dienone is 1. The fourth-order valence-electron chi connectivity index (χ4n) is 3.74. The SMILES string of the molecule is CC1=C2CC(C)(CO)C=C2C(=O)C(C)(O)C12CC2. The Bertz CT molecular complexity index is 506. The van der Waals surface area contributed by atoms with Crippen LogP contribution in [0.4, 0.5) is 0 Å².